The molecule has 0 unspecified atom stereocenters. The molecule has 1 N–H and O–H groups in total. The lowest BCUT2D eigenvalue weighted by molar-refractivity contribution is 0.112. The Morgan fingerprint density at radius 3 is 2.50 bits per heavy atom. The number of aromatic hydroxyl groups is 1. The molecule has 16 heavy (non-hydrogen) atoms. The minimum Gasteiger partial charge on any atom is -0.507 e. The fourth-order valence-electron chi connectivity index (χ4n) is 1.89. The third-order valence-electron chi connectivity index (χ3n) is 3.01. The van der Waals surface area contributed by atoms with Gasteiger partial charge < -0.3 is 14.9 Å². The molecule has 1 aromatic carbocycles. The third kappa shape index (κ3) is 2.17. The van der Waals surface area contributed by atoms with Gasteiger partial charge in [-0.3, -0.25) is 4.79 Å². The summed E-state index contributed by atoms with van der Waals surface area (Å²) < 4.78 is 0. The average molecular weight is 220 g/mol. The van der Waals surface area contributed by atoms with Crippen molar-refractivity contribution in [1.29, 1.82) is 0 Å². The lowest BCUT2D eigenvalue weighted by Gasteiger charge is -2.34. The van der Waals surface area contributed by atoms with E-state index in [0.717, 1.165) is 31.9 Å². The van der Waals surface area contributed by atoms with Crippen LogP contribution in [0.5, 0.6) is 5.75 Å². The Bertz CT molecular complexity index is 385. The summed E-state index contributed by atoms with van der Waals surface area (Å²) in [5.74, 6) is 0.0615. The quantitative estimate of drug-likeness (QED) is 0.754. The number of nitrogens with zero attached hydrogens (tertiary/aromatic N) is 2. The van der Waals surface area contributed by atoms with Crippen LogP contribution in [0.2, 0.25) is 0 Å². The minimum atomic E-state index is 0.0615. The fraction of sp³-hybridized carbons (Fsp3) is 0.417. The predicted octanol–water partition coefficient (Wildman–Crippen LogP) is 0.956. The van der Waals surface area contributed by atoms with Crippen LogP contribution in [0.25, 0.3) is 0 Å². The molecular formula is C12H16N2O2. The van der Waals surface area contributed by atoms with Crippen molar-refractivity contribution in [2.45, 2.75) is 0 Å². The van der Waals surface area contributed by atoms with E-state index >= 15 is 0 Å². The number of phenolic OH excluding ortho intramolecular Hbond substituents is 1. The number of likely N-dealkylation sites (N-methyl/N-ethyl adjacent to an activating group) is 1. The van der Waals surface area contributed by atoms with E-state index in [9.17, 15) is 9.90 Å². The third-order valence-corrected chi connectivity index (χ3v) is 3.01. The molecular weight excluding hydrogens is 204 g/mol. The maximum Gasteiger partial charge on any atom is 0.153 e. The maximum atomic E-state index is 10.6. The molecule has 0 spiro atoms. The summed E-state index contributed by atoms with van der Waals surface area (Å²) in [6.07, 6.45) is 0.670. The summed E-state index contributed by atoms with van der Waals surface area (Å²) in [6, 6.07) is 5.21. The minimum absolute atomic E-state index is 0.0615. The van der Waals surface area contributed by atoms with Gasteiger partial charge in [-0.05, 0) is 19.2 Å². The highest BCUT2D eigenvalue weighted by molar-refractivity contribution is 5.80. The number of hydrogen-bond acceptors (Lipinski definition) is 4. The van der Waals surface area contributed by atoms with E-state index in [1.165, 1.54) is 0 Å². The van der Waals surface area contributed by atoms with Gasteiger partial charge in [0, 0.05) is 37.9 Å². The number of anilines is 1. The Kier molecular flexibility index (Phi) is 3.10. The normalized spacial score (nSPS) is 17.4. The molecule has 2 rings (SSSR count). The first-order chi connectivity index (χ1) is 7.70. The summed E-state index contributed by atoms with van der Waals surface area (Å²) in [7, 11) is 2.10. The standard InChI is InChI=1S/C12H16N2O2/c1-13-4-6-14(7-5-13)11-3-2-10(9-15)12(16)8-11/h2-3,8-9,16H,4-7H2,1H3. The molecule has 0 radical (unpaired) electrons. The Morgan fingerprint density at radius 1 is 1.25 bits per heavy atom. The fourth-order valence-corrected chi connectivity index (χ4v) is 1.89. The summed E-state index contributed by atoms with van der Waals surface area (Å²) in [5.41, 5.74) is 1.33. The van der Waals surface area contributed by atoms with Crippen LogP contribution in [-0.4, -0.2) is 49.5 Å². The highest BCUT2D eigenvalue weighted by Crippen LogP contribution is 2.24. The van der Waals surface area contributed by atoms with Crippen LogP contribution in [0.1, 0.15) is 10.4 Å². The highest BCUT2D eigenvalue weighted by Gasteiger charge is 2.15. The number of piperazine rings is 1. The molecule has 0 atom stereocenters. The zero-order chi connectivity index (χ0) is 11.5. The molecule has 1 aliphatic rings. The molecule has 0 saturated carbocycles. The van der Waals surface area contributed by atoms with Crippen LogP contribution in [0.4, 0.5) is 5.69 Å². The van der Waals surface area contributed by atoms with Crippen molar-refractivity contribution in [3.05, 3.63) is 23.8 Å². The topological polar surface area (TPSA) is 43.8 Å². The Morgan fingerprint density at radius 2 is 1.94 bits per heavy atom. The molecule has 1 aliphatic heterocycles. The predicted molar refractivity (Wildman–Crippen MR) is 63.2 cm³/mol. The first-order valence-corrected chi connectivity index (χ1v) is 5.42. The Hall–Kier alpha value is -1.55. The number of carbonyl (C=O) groups excluding carboxylic acids is 1. The SMILES string of the molecule is CN1CCN(c2ccc(C=O)c(O)c2)CC1. The summed E-state index contributed by atoms with van der Waals surface area (Å²) in [5, 5.41) is 9.61. The van der Waals surface area contributed by atoms with Gasteiger partial charge in [0.2, 0.25) is 0 Å². The first kappa shape index (κ1) is 11.0. The molecule has 1 saturated heterocycles. The van der Waals surface area contributed by atoms with Gasteiger partial charge in [0.05, 0.1) is 5.56 Å². The highest BCUT2D eigenvalue weighted by atomic mass is 16.3. The van der Waals surface area contributed by atoms with Gasteiger partial charge in [0.15, 0.2) is 6.29 Å². The van der Waals surface area contributed by atoms with Gasteiger partial charge in [0.25, 0.3) is 0 Å². The van der Waals surface area contributed by atoms with Gasteiger partial charge in [-0.15, -0.1) is 0 Å². The summed E-state index contributed by atoms with van der Waals surface area (Å²) in [6.45, 7) is 3.96. The van der Waals surface area contributed by atoms with E-state index in [2.05, 4.69) is 16.8 Å². The number of hydrogen-bond donors (Lipinski definition) is 1. The van der Waals surface area contributed by atoms with E-state index in [-0.39, 0.29) is 5.75 Å². The van der Waals surface area contributed by atoms with Crippen LogP contribution in [0, 0.1) is 0 Å². The smallest absolute Gasteiger partial charge is 0.153 e. The molecule has 4 heteroatoms. The molecule has 0 bridgehead atoms. The van der Waals surface area contributed by atoms with E-state index < -0.39 is 0 Å². The van der Waals surface area contributed by atoms with Crippen LogP contribution in [-0.2, 0) is 0 Å². The van der Waals surface area contributed by atoms with Crippen molar-refractivity contribution in [3.63, 3.8) is 0 Å². The molecule has 1 aromatic rings. The van der Waals surface area contributed by atoms with Crippen LogP contribution in [0.3, 0.4) is 0 Å². The monoisotopic (exact) mass is 220 g/mol. The Balaban J connectivity index is 2.15. The van der Waals surface area contributed by atoms with Gasteiger partial charge in [-0.1, -0.05) is 0 Å². The first-order valence-electron chi connectivity index (χ1n) is 5.42. The lowest BCUT2D eigenvalue weighted by Crippen LogP contribution is -2.44. The zero-order valence-corrected chi connectivity index (χ0v) is 9.39. The van der Waals surface area contributed by atoms with Crippen molar-refractivity contribution < 1.29 is 9.90 Å². The number of benzene rings is 1. The molecule has 4 nitrogen and oxygen atoms in total. The van der Waals surface area contributed by atoms with E-state index in [1.807, 2.05) is 6.07 Å². The number of phenols is 1. The second-order valence-electron chi connectivity index (χ2n) is 4.15. The summed E-state index contributed by atoms with van der Waals surface area (Å²) in [4.78, 5) is 15.1. The number of carbonyl (C=O) groups is 1. The van der Waals surface area contributed by atoms with Crippen LogP contribution < -0.4 is 4.90 Å². The number of aldehydes is 1. The zero-order valence-electron chi connectivity index (χ0n) is 9.39. The van der Waals surface area contributed by atoms with Crippen molar-refractivity contribution in [2.24, 2.45) is 0 Å². The second kappa shape index (κ2) is 4.53. The van der Waals surface area contributed by atoms with Crippen LogP contribution in [0.15, 0.2) is 18.2 Å². The molecule has 0 aromatic heterocycles. The van der Waals surface area contributed by atoms with Crippen molar-refractivity contribution in [1.82, 2.24) is 4.90 Å². The van der Waals surface area contributed by atoms with Crippen molar-refractivity contribution >= 4 is 12.0 Å². The average Bonchev–Trinajstić information content (AvgIpc) is 2.30. The molecule has 1 heterocycles. The largest absolute Gasteiger partial charge is 0.507 e. The van der Waals surface area contributed by atoms with Crippen LogP contribution >= 0.6 is 0 Å². The lowest BCUT2D eigenvalue weighted by atomic mass is 10.1. The van der Waals surface area contributed by atoms with E-state index in [1.54, 1.807) is 12.1 Å². The second-order valence-corrected chi connectivity index (χ2v) is 4.15. The van der Waals surface area contributed by atoms with Gasteiger partial charge in [-0.25, -0.2) is 0 Å². The molecule has 0 aliphatic carbocycles. The van der Waals surface area contributed by atoms with Gasteiger partial charge >= 0.3 is 0 Å². The molecule has 1 fully saturated rings. The summed E-state index contributed by atoms with van der Waals surface area (Å²) >= 11 is 0. The number of rotatable bonds is 2. The maximum absolute atomic E-state index is 10.6. The van der Waals surface area contributed by atoms with E-state index in [0.29, 0.717) is 11.8 Å². The molecule has 86 valence electrons. The van der Waals surface area contributed by atoms with Crippen molar-refractivity contribution in [2.75, 3.05) is 38.1 Å². The molecule has 0 amide bonds. The van der Waals surface area contributed by atoms with E-state index in [4.69, 9.17) is 0 Å². The van der Waals surface area contributed by atoms with Crippen molar-refractivity contribution in [3.8, 4) is 5.75 Å². The Labute approximate surface area is 95.1 Å². The van der Waals surface area contributed by atoms with Gasteiger partial charge in [0.1, 0.15) is 5.75 Å². The van der Waals surface area contributed by atoms with Gasteiger partial charge in [-0.2, -0.15) is 0 Å².